The van der Waals surface area contributed by atoms with Crippen LogP contribution in [0.15, 0.2) is 79.1 Å². The van der Waals surface area contributed by atoms with E-state index < -0.39 is 0 Å². The third-order valence-electron chi connectivity index (χ3n) is 5.67. The number of nitrogens with one attached hydrogen (secondary N) is 1. The lowest BCUT2D eigenvalue weighted by molar-refractivity contribution is -0.121. The molecule has 1 aliphatic heterocycles. The van der Waals surface area contributed by atoms with Gasteiger partial charge in [0.25, 0.3) is 0 Å². The fraction of sp³-hybridized carbons (Fsp3) is 0.308. The molecule has 1 aromatic heterocycles. The van der Waals surface area contributed by atoms with E-state index in [-0.39, 0.29) is 11.8 Å². The molecule has 4 rings (SSSR count). The van der Waals surface area contributed by atoms with Gasteiger partial charge >= 0.3 is 0 Å². The van der Waals surface area contributed by atoms with Crippen molar-refractivity contribution >= 4 is 11.6 Å². The lowest BCUT2D eigenvalue weighted by Gasteiger charge is -2.32. The van der Waals surface area contributed by atoms with Crippen molar-refractivity contribution in [3.8, 4) is 11.5 Å². The highest BCUT2D eigenvalue weighted by atomic mass is 16.5. The van der Waals surface area contributed by atoms with Gasteiger partial charge in [0.2, 0.25) is 5.91 Å². The molecule has 0 bridgehead atoms. The topological polar surface area (TPSA) is 54.5 Å². The van der Waals surface area contributed by atoms with Gasteiger partial charge in [-0.05, 0) is 68.6 Å². The monoisotopic (exact) mass is 415 g/mol. The predicted molar refractivity (Wildman–Crippen MR) is 123 cm³/mol. The van der Waals surface area contributed by atoms with Crippen LogP contribution in [-0.2, 0) is 11.2 Å². The third-order valence-corrected chi connectivity index (χ3v) is 5.67. The van der Waals surface area contributed by atoms with Gasteiger partial charge in [0, 0.05) is 12.7 Å². The van der Waals surface area contributed by atoms with Gasteiger partial charge in [-0.15, -0.1) is 0 Å². The standard InChI is InChI=1S/C26H29N3O2/c30-26(28-24-14-4-5-15-25(24)31-23-13-6-16-27-19-23)22-12-8-18-29(20-22)17-7-11-21-9-2-1-3-10-21/h1-6,9-10,13-16,19,22H,7-8,11-12,17-18,20H2,(H,28,30)/t22-/m1/s1. The summed E-state index contributed by atoms with van der Waals surface area (Å²) in [5, 5.41) is 3.09. The van der Waals surface area contributed by atoms with Gasteiger partial charge in [0.1, 0.15) is 5.75 Å². The zero-order valence-corrected chi connectivity index (χ0v) is 17.7. The van der Waals surface area contributed by atoms with Crippen molar-refractivity contribution in [3.05, 3.63) is 84.7 Å². The molecular formula is C26H29N3O2. The van der Waals surface area contributed by atoms with Gasteiger partial charge in [-0.25, -0.2) is 0 Å². The highest BCUT2D eigenvalue weighted by Gasteiger charge is 2.26. The largest absolute Gasteiger partial charge is 0.454 e. The number of aromatic nitrogens is 1. The summed E-state index contributed by atoms with van der Waals surface area (Å²) in [6.45, 7) is 2.91. The van der Waals surface area contributed by atoms with E-state index >= 15 is 0 Å². The molecular weight excluding hydrogens is 386 g/mol. The summed E-state index contributed by atoms with van der Waals surface area (Å²) in [6, 6.07) is 21.8. The lowest BCUT2D eigenvalue weighted by atomic mass is 9.96. The highest BCUT2D eigenvalue weighted by Crippen LogP contribution is 2.30. The Hall–Kier alpha value is -3.18. The van der Waals surface area contributed by atoms with E-state index in [1.807, 2.05) is 36.4 Å². The van der Waals surface area contributed by atoms with E-state index in [1.165, 1.54) is 5.56 Å². The van der Waals surface area contributed by atoms with Gasteiger partial charge in [0.15, 0.2) is 5.75 Å². The highest BCUT2D eigenvalue weighted by molar-refractivity contribution is 5.94. The average molecular weight is 416 g/mol. The van der Waals surface area contributed by atoms with E-state index in [0.717, 1.165) is 45.3 Å². The number of ether oxygens (including phenoxy) is 1. The first-order chi connectivity index (χ1) is 15.3. The molecule has 1 amide bonds. The van der Waals surface area contributed by atoms with Gasteiger partial charge in [-0.3, -0.25) is 9.78 Å². The number of hydrogen-bond acceptors (Lipinski definition) is 4. The molecule has 1 aliphatic rings. The number of hydrogen-bond donors (Lipinski definition) is 1. The van der Waals surface area contributed by atoms with Crippen LogP contribution in [0.4, 0.5) is 5.69 Å². The Morgan fingerprint density at radius 2 is 1.90 bits per heavy atom. The van der Waals surface area contributed by atoms with Crippen LogP contribution in [0.2, 0.25) is 0 Å². The Morgan fingerprint density at radius 3 is 2.74 bits per heavy atom. The maximum atomic E-state index is 13.0. The van der Waals surface area contributed by atoms with Gasteiger partial charge < -0.3 is 15.0 Å². The van der Waals surface area contributed by atoms with E-state index in [1.54, 1.807) is 12.4 Å². The fourth-order valence-electron chi connectivity index (χ4n) is 4.05. The van der Waals surface area contributed by atoms with Crippen molar-refractivity contribution < 1.29 is 9.53 Å². The molecule has 2 aromatic carbocycles. The zero-order chi connectivity index (χ0) is 21.3. The number of nitrogens with zero attached hydrogens (tertiary/aromatic N) is 2. The number of aryl methyl sites for hydroxylation is 1. The van der Waals surface area contributed by atoms with Crippen LogP contribution >= 0.6 is 0 Å². The number of amides is 1. The molecule has 0 aliphatic carbocycles. The molecule has 3 aromatic rings. The van der Waals surface area contributed by atoms with Crippen molar-refractivity contribution in [1.29, 1.82) is 0 Å². The average Bonchev–Trinajstić information content (AvgIpc) is 2.82. The molecule has 160 valence electrons. The fourth-order valence-corrected chi connectivity index (χ4v) is 4.05. The maximum absolute atomic E-state index is 13.0. The molecule has 0 spiro atoms. The molecule has 2 heterocycles. The van der Waals surface area contributed by atoms with E-state index in [2.05, 4.69) is 45.5 Å². The number of anilines is 1. The second-order valence-corrected chi connectivity index (χ2v) is 8.01. The molecule has 1 N–H and O–H groups in total. The summed E-state index contributed by atoms with van der Waals surface area (Å²) in [4.78, 5) is 19.5. The SMILES string of the molecule is O=C(Nc1ccccc1Oc1cccnc1)[C@@H]1CCCN(CCCc2ccccc2)C1. The van der Waals surface area contributed by atoms with Gasteiger partial charge in [-0.1, -0.05) is 42.5 Å². The molecule has 1 fully saturated rings. The Kier molecular flexibility index (Phi) is 7.29. The maximum Gasteiger partial charge on any atom is 0.228 e. The van der Waals surface area contributed by atoms with Crippen molar-refractivity contribution in [2.24, 2.45) is 5.92 Å². The minimum atomic E-state index is -0.00285. The molecule has 0 unspecified atom stereocenters. The number of piperidine rings is 1. The van der Waals surface area contributed by atoms with E-state index in [4.69, 9.17) is 4.74 Å². The molecule has 5 nitrogen and oxygen atoms in total. The van der Waals surface area contributed by atoms with E-state index in [0.29, 0.717) is 17.2 Å². The van der Waals surface area contributed by atoms with Crippen molar-refractivity contribution in [3.63, 3.8) is 0 Å². The Bertz CT molecular complexity index is 963. The van der Waals surface area contributed by atoms with E-state index in [9.17, 15) is 4.79 Å². The first-order valence-corrected chi connectivity index (χ1v) is 11.0. The summed E-state index contributed by atoms with van der Waals surface area (Å²) in [7, 11) is 0. The second kappa shape index (κ2) is 10.7. The van der Waals surface area contributed by atoms with Crippen LogP contribution < -0.4 is 10.1 Å². The summed E-state index contributed by atoms with van der Waals surface area (Å²) in [5.74, 6) is 1.33. The number of benzene rings is 2. The normalized spacial score (nSPS) is 16.6. The summed E-state index contributed by atoms with van der Waals surface area (Å²) in [5.41, 5.74) is 2.07. The van der Waals surface area contributed by atoms with Crippen LogP contribution in [0.1, 0.15) is 24.8 Å². The molecule has 1 saturated heterocycles. The number of likely N-dealkylation sites (tertiary alicyclic amines) is 1. The van der Waals surface area contributed by atoms with Gasteiger partial charge in [0.05, 0.1) is 17.8 Å². The van der Waals surface area contributed by atoms with Crippen LogP contribution in [0, 0.1) is 5.92 Å². The molecule has 5 heteroatoms. The Balaban J connectivity index is 1.31. The number of carbonyl (C=O) groups is 1. The third kappa shape index (κ3) is 6.15. The summed E-state index contributed by atoms with van der Waals surface area (Å²) < 4.78 is 5.93. The molecule has 31 heavy (non-hydrogen) atoms. The molecule has 0 saturated carbocycles. The van der Waals surface area contributed by atoms with Crippen LogP contribution in [0.25, 0.3) is 0 Å². The minimum absolute atomic E-state index is 0.00285. The van der Waals surface area contributed by atoms with Crippen molar-refractivity contribution in [2.75, 3.05) is 25.0 Å². The van der Waals surface area contributed by atoms with Crippen molar-refractivity contribution in [2.45, 2.75) is 25.7 Å². The second-order valence-electron chi connectivity index (χ2n) is 8.01. The van der Waals surface area contributed by atoms with Crippen molar-refractivity contribution in [1.82, 2.24) is 9.88 Å². The predicted octanol–water partition coefficient (Wildman–Crippen LogP) is 5.16. The minimum Gasteiger partial charge on any atom is -0.454 e. The first-order valence-electron chi connectivity index (χ1n) is 11.0. The number of para-hydroxylation sites is 2. The summed E-state index contributed by atoms with van der Waals surface area (Å²) >= 11 is 0. The molecule has 1 atom stereocenters. The quantitative estimate of drug-likeness (QED) is 0.552. The Morgan fingerprint density at radius 1 is 1.06 bits per heavy atom. The van der Waals surface area contributed by atoms with Crippen LogP contribution in [-0.4, -0.2) is 35.4 Å². The smallest absolute Gasteiger partial charge is 0.228 e. The van der Waals surface area contributed by atoms with Crippen LogP contribution in [0.3, 0.4) is 0 Å². The number of pyridine rings is 1. The number of carbonyl (C=O) groups excluding carboxylic acids is 1. The lowest BCUT2D eigenvalue weighted by Crippen LogP contribution is -2.41. The molecule has 0 radical (unpaired) electrons. The van der Waals surface area contributed by atoms with Crippen LogP contribution in [0.5, 0.6) is 11.5 Å². The first kappa shape index (κ1) is 21.1. The number of rotatable bonds is 8. The van der Waals surface area contributed by atoms with Gasteiger partial charge in [-0.2, -0.15) is 0 Å². The Labute approximate surface area is 184 Å². The zero-order valence-electron chi connectivity index (χ0n) is 17.7. The summed E-state index contributed by atoms with van der Waals surface area (Å²) in [6.07, 6.45) is 7.53.